The van der Waals surface area contributed by atoms with Crippen LogP contribution in [0, 0.1) is 5.82 Å². The third kappa shape index (κ3) is 5.30. The summed E-state index contributed by atoms with van der Waals surface area (Å²) in [4.78, 5) is 11.6. The predicted octanol–water partition coefficient (Wildman–Crippen LogP) is 2.91. The molecule has 2 unspecified atom stereocenters. The van der Waals surface area contributed by atoms with Crippen LogP contribution in [0.2, 0.25) is 0 Å². The molecule has 0 bridgehead atoms. The highest BCUT2D eigenvalue weighted by atomic mass is 79.9. The number of carbonyl (C=O) groups is 1. The Morgan fingerprint density at radius 1 is 1.21 bits per heavy atom. The second-order valence-electron chi connectivity index (χ2n) is 5.12. The van der Waals surface area contributed by atoms with Gasteiger partial charge in [0.05, 0.1) is 0 Å². The van der Waals surface area contributed by atoms with E-state index >= 15 is 0 Å². The highest BCUT2D eigenvalue weighted by Gasteiger charge is 2.22. The van der Waals surface area contributed by atoms with E-state index in [1.54, 1.807) is 0 Å². The molecule has 0 aliphatic heterocycles. The molecule has 2 rings (SSSR count). The minimum absolute atomic E-state index is 0.0980. The summed E-state index contributed by atoms with van der Waals surface area (Å²) < 4.78 is 18.7. The molecule has 1 amide bonds. The first-order valence-corrected chi connectivity index (χ1v) is 8.02. The molecule has 0 heterocycles. The van der Waals surface area contributed by atoms with Crippen LogP contribution in [-0.2, 0) is 11.3 Å². The summed E-state index contributed by atoms with van der Waals surface area (Å²) >= 11 is 3.18. The van der Waals surface area contributed by atoms with Gasteiger partial charge >= 0.3 is 6.09 Å². The van der Waals surface area contributed by atoms with E-state index in [4.69, 9.17) is 4.74 Å². The summed E-state index contributed by atoms with van der Waals surface area (Å²) in [6, 6.07) is 12.9. The van der Waals surface area contributed by atoms with E-state index in [0.29, 0.717) is 4.47 Å². The number of hydrogen-bond donors (Lipinski definition) is 3. The SMILES string of the molecule is O=C(NCC(O)C(O)c1cc(F)ccc1Br)OCc1ccccc1. The zero-order chi connectivity index (χ0) is 17.5. The Hall–Kier alpha value is -1.96. The van der Waals surface area contributed by atoms with Crippen molar-refractivity contribution in [1.29, 1.82) is 0 Å². The summed E-state index contributed by atoms with van der Waals surface area (Å²) in [5.74, 6) is -0.533. The van der Waals surface area contributed by atoms with Crippen molar-refractivity contribution in [2.45, 2.75) is 18.8 Å². The van der Waals surface area contributed by atoms with Gasteiger partial charge in [0.25, 0.3) is 0 Å². The average Bonchev–Trinajstić information content (AvgIpc) is 2.60. The van der Waals surface area contributed by atoms with Gasteiger partial charge in [-0.05, 0) is 23.8 Å². The fourth-order valence-electron chi connectivity index (χ4n) is 2.02. The third-order valence-electron chi connectivity index (χ3n) is 3.31. The standard InChI is InChI=1S/C17H17BrFNO4/c18-14-7-6-12(19)8-13(14)16(22)15(21)9-20-17(23)24-10-11-4-2-1-3-5-11/h1-8,15-16,21-22H,9-10H2,(H,20,23). The van der Waals surface area contributed by atoms with Gasteiger partial charge in [-0.2, -0.15) is 0 Å². The van der Waals surface area contributed by atoms with Crippen molar-refractivity contribution in [1.82, 2.24) is 5.32 Å². The Morgan fingerprint density at radius 2 is 1.92 bits per heavy atom. The lowest BCUT2D eigenvalue weighted by Crippen LogP contribution is -2.35. The molecule has 2 atom stereocenters. The van der Waals surface area contributed by atoms with Crippen molar-refractivity contribution < 1.29 is 24.1 Å². The van der Waals surface area contributed by atoms with Crippen LogP contribution in [0.15, 0.2) is 53.0 Å². The molecule has 0 aliphatic carbocycles. The smallest absolute Gasteiger partial charge is 0.407 e. The number of benzene rings is 2. The molecule has 5 nitrogen and oxygen atoms in total. The summed E-state index contributed by atoms with van der Waals surface area (Å²) in [6.07, 6.45) is -3.39. The van der Waals surface area contributed by atoms with Crippen LogP contribution in [0.5, 0.6) is 0 Å². The van der Waals surface area contributed by atoms with E-state index in [-0.39, 0.29) is 18.7 Å². The summed E-state index contributed by atoms with van der Waals surface area (Å²) in [5.41, 5.74) is 1.03. The lowest BCUT2D eigenvalue weighted by molar-refractivity contribution is 0.0178. The largest absolute Gasteiger partial charge is 0.445 e. The van der Waals surface area contributed by atoms with E-state index in [0.717, 1.165) is 11.6 Å². The molecule has 2 aromatic carbocycles. The Labute approximate surface area is 147 Å². The van der Waals surface area contributed by atoms with Gasteiger partial charge in [0.1, 0.15) is 24.6 Å². The van der Waals surface area contributed by atoms with E-state index in [9.17, 15) is 19.4 Å². The Morgan fingerprint density at radius 3 is 2.62 bits per heavy atom. The van der Waals surface area contributed by atoms with Crippen molar-refractivity contribution in [3.63, 3.8) is 0 Å². The molecule has 24 heavy (non-hydrogen) atoms. The zero-order valence-electron chi connectivity index (χ0n) is 12.7. The van der Waals surface area contributed by atoms with Crippen molar-refractivity contribution >= 4 is 22.0 Å². The van der Waals surface area contributed by atoms with Crippen LogP contribution in [0.4, 0.5) is 9.18 Å². The summed E-state index contributed by atoms with van der Waals surface area (Å²) in [5, 5.41) is 22.4. The van der Waals surface area contributed by atoms with Gasteiger partial charge in [-0.1, -0.05) is 46.3 Å². The molecule has 0 aromatic heterocycles. The number of aliphatic hydroxyl groups excluding tert-OH is 2. The maximum absolute atomic E-state index is 13.2. The average molecular weight is 398 g/mol. The topological polar surface area (TPSA) is 78.8 Å². The number of rotatable bonds is 6. The fourth-order valence-corrected chi connectivity index (χ4v) is 2.50. The molecule has 0 saturated carbocycles. The van der Waals surface area contributed by atoms with Crippen LogP contribution in [-0.4, -0.2) is 29.0 Å². The molecule has 0 saturated heterocycles. The van der Waals surface area contributed by atoms with Crippen LogP contribution in [0.25, 0.3) is 0 Å². The Balaban J connectivity index is 1.82. The van der Waals surface area contributed by atoms with E-state index < -0.39 is 24.1 Å². The van der Waals surface area contributed by atoms with Crippen molar-refractivity contribution in [2.75, 3.05) is 6.54 Å². The molecule has 0 fully saturated rings. The second-order valence-corrected chi connectivity index (χ2v) is 5.97. The van der Waals surface area contributed by atoms with Crippen molar-refractivity contribution in [2.24, 2.45) is 0 Å². The van der Waals surface area contributed by atoms with E-state index in [1.807, 2.05) is 30.3 Å². The molecular weight excluding hydrogens is 381 g/mol. The summed E-state index contributed by atoms with van der Waals surface area (Å²) in [6.45, 7) is -0.140. The van der Waals surface area contributed by atoms with Gasteiger partial charge in [-0.15, -0.1) is 0 Å². The fraction of sp³-hybridized carbons (Fsp3) is 0.235. The molecule has 3 N–H and O–H groups in total. The first-order valence-electron chi connectivity index (χ1n) is 7.23. The van der Waals surface area contributed by atoms with Crippen LogP contribution in [0.1, 0.15) is 17.2 Å². The number of amides is 1. The van der Waals surface area contributed by atoms with E-state index in [1.165, 1.54) is 12.1 Å². The van der Waals surface area contributed by atoms with Gasteiger partial charge in [0, 0.05) is 16.6 Å². The molecular formula is C17H17BrFNO4. The number of halogens is 2. The van der Waals surface area contributed by atoms with Gasteiger partial charge in [-0.25, -0.2) is 9.18 Å². The molecule has 0 aliphatic rings. The zero-order valence-corrected chi connectivity index (χ0v) is 14.2. The van der Waals surface area contributed by atoms with Crippen LogP contribution < -0.4 is 5.32 Å². The number of hydrogen-bond acceptors (Lipinski definition) is 4. The van der Waals surface area contributed by atoms with Gasteiger partial charge in [0.2, 0.25) is 0 Å². The molecule has 7 heteroatoms. The van der Waals surface area contributed by atoms with E-state index in [2.05, 4.69) is 21.2 Å². The maximum atomic E-state index is 13.2. The minimum atomic E-state index is -1.36. The number of aliphatic hydroxyl groups is 2. The van der Waals surface area contributed by atoms with Gasteiger partial charge in [0.15, 0.2) is 0 Å². The van der Waals surface area contributed by atoms with Crippen molar-refractivity contribution in [3.05, 3.63) is 69.9 Å². The predicted molar refractivity (Wildman–Crippen MR) is 89.7 cm³/mol. The number of ether oxygens (including phenoxy) is 1. The second kappa shape index (κ2) is 8.77. The third-order valence-corrected chi connectivity index (χ3v) is 4.03. The highest BCUT2D eigenvalue weighted by molar-refractivity contribution is 9.10. The Kier molecular flexibility index (Phi) is 6.72. The minimum Gasteiger partial charge on any atom is -0.445 e. The first kappa shape index (κ1) is 18.4. The highest BCUT2D eigenvalue weighted by Crippen LogP contribution is 2.26. The monoisotopic (exact) mass is 397 g/mol. The molecule has 2 aromatic rings. The van der Waals surface area contributed by atoms with Crippen LogP contribution in [0.3, 0.4) is 0 Å². The number of alkyl carbamates (subject to hydrolysis) is 1. The summed E-state index contributed by atoms with van der Waals surface area (Å²) in [7, 11) is 0. The molecule has 128 valence electrons. The number of carbonyl (C=O) groups excluding carboxylic acids is 1. The van der Waals surface area contributed by atoms with Crippen molar-refractivity contribution in [3.8, 4) is 0 Å². The van der Waals surface area contributed by atoms with Crippen LogP contribution >= 0.6 is 15.9 Å². The normalized spacial score (nSPS) is 13.2. The lowest BCUT2D eigenvalue weighted by Gasteiger charge is -2.19. The lowest BCUT2D eigenvalue weighted by atomic mass is 10.0. The molecule has 0 radical (unpaired) electrons. The van der Waals surface area contributed by atoms with Gasteiger partial charge < -0.3 is 20.3 Å². The molecule has 0 spiro atoms. The van der Waals surface area contributed by atoms with Gasteiger partial charge in [-0.3, -0.25) is 0 Å². The Bertz CT molecular complexity index is 684. The maximum Gasteiger partial charge on any atom is 0.407 e. The first-order chi connectivity index (χ1) is 11.5. The quantitative estimate of drug-likeness (QED) is 0.699. The number of nitrogens with one attached hydrogen (secondary N) is 1.